The second-order valence-corrected chi connectivity index (χ2v) is 2.06. The van der Waals surface area contributed by atoms with Crippen LogP contribution in [0.2, 0.25) is 0 Å². The molecule has 0 aliphatic rings. The summed E-state index contributed by atoms with van der Waals surface area (Å²) < 4.78 is 0. The molecule has 0 aromatic rings. The summed E-state index contributed by atoms with van der Waals surface area (Å²) in [6, 6.07) is 0.595. The lowest BCUT2D eigenvalue weighted by molar-refractivity contribution is 0.579. The molecule has 0 radical (unpaired) electrons. The van der Waals surface area contributed by atoms with Crippen molar-refractivity contribution >= 4 is 0 Å². The standard InChI is InChI=1S/C7H15N/c1-4-6-7(3)8-5-2/h5,7-8H,2,4,6H2,1,3H3/t7-/m0/s1. The molecule has 8 heavy (non-hydrogen) atoms. The zero-order chi connectivity index (χ0) is 6.41. The maximum absolute atomic E-state index is 3.57. The van der Waals surface area contributed by atoms with Gasteiger partial charge in [0.15, 0.2) is 0 Å². The Hall–Kier alpha value is -0.460. The summed E-state index contributed by atoms with van der Waals surface area (Å²) in [6.45, 7) is 7.91. The van der Waals surface area contributed by atoms with E-state index in [4.69, 9.17) is 0 Å². The first-order valence-corrected chi connectivity index (χ1v) is 3.18. The second kappa shape index (κ2) is 4.69. The Morgan fingerprint density at radius 2 is 2.38 bits per heavy atom. The van der Waals surface area contributed by atoms with Gasteiger partial charge in [0.1, 0.15) is 0 Å². The van der Waals surface area contributed by atoms with Crippen molar-refractivity contribution in [2.45, 2.75) is 32.7 Å². The van der Waals surface area contributed by atoms with Crippen LogP contribution in [0.3, 0.4) is 0 Å². The van der Waals surface area contributed by atoms with Crippen molar-refractivity contribution in [2.24, 2.45) is 0 Å². The van der Waals surface area contributed by atoms with Crippen LogP contribution in [-0.2, 0) is 0 Å². The van der Waals surface area contributed by atoms with Crippen LogP contribution in [0, 0.1) is 0 Å². The molecule has 0 heterocycles. The van der Waals surface area contributed by atoms with Gasteiger partial charge in [0.05, 0.1) is 0 Å². The molecular formula is C7H15N. The smallest absolute Gasteiger partial charge is 0.0227 e. The van der Waals surface area contributed by atoms with E-state index >= 15 is 0 Å². The molecule has 0 bridgehead atoms. The molecule has 0 aliphatic carbocycles. The number of rotatable bonds is 4. The van der Waals surface area contributed by atoms with E-state index in [0.717, 1.165) is 0 Å². The second-order valence-electron chi connectivity index (χ2n) is 2.06. The van der Waals surface area contributed by atoms with E-state index in [1.165, 1.54) is 12.8 Å². The fourth-order valence-corrected chi connectivity index (χ4v) is 0.718. The minimum absolute atomic E-state index is 0.595. The van der Waals surface area contributed by atoms with Crippen LogP contribution >= 0.6 is 0 Å². The van der Waals surface area contributed by atoms with E-state index in [9.17, 15) is 0 Å². The van der Waals surface area contributed by atoms with E-state index in [-0.39, 0.29) is 0 Å². The average molecular weight is 113 g/mol. The molecule has 0 fully saturated rings. The van der Waals surface area contributed by atoms with Gasteiger partial charge >= 0.3 is 0 Å². The third-order valence-electron chi connectivity index (χ3n) is 1.12. The monoisotopic (exact) mass is 113 g/mol. The summed E-state index contributed by atoms with van der Waals surface area (Å²) in [5, 5.41) is 3.11. The lowest BCUT2D eigenvalue weighted by Gasteiger charge is -2.07. The van der Waals surface area contributed by atoms with E-state index in [1.54, 1.807) is 6.20 Å². The molecule has 0 spiro atoms. The first-order valence-electron chi connectivity index (χ1n) is 3.18. The van der Waals surface area contributed by atoms with Crippen molar-refractivity contribution < 1.29 is 0 Å². The van der Waals surface area contributed by atoms with Crippen molar-refractivity contribution in [3.05, 3.63) is 12.8 Å². The predicted molar refractivity (Wildman–Crippen MR) is 37.7 cm³/mol. The van der Waals surface area contributed by atoms with E-state index in [1.807, 2.05) is 0 Å². The van der Waals surface area contributed by atoms with Crippen LogP contribution < -0.4 is 5.32 Å². The largest absolute Gasteiger partial charge is 0.389 e. The topological polar surface area (TPSA) is 12.0 Å². The summed E-state index contributed by atoms with van der Waals surface area (Å²) in [5.41, 5.74) is 0. The van der Waals surface area contributed by atoms with Gasteiger partial charge in [-0.2, -0.15) is 0 Å². The SMILES string of the molecule is C=CN[C@@H](C)CCC. The molecular weight excluding hydrogens is 98.1 g/mol. The zero-order valence-electron chi connectivity index (χ0n) is 5.78. The fourth-order valence-electron chi connectivity index (χ4n) is 0.718. The highest BCUT2D eigenvalue weighted by Gasteiger charge is 1.92. The van der Waals surface area contributed by atoms with E-state index in [0.29, 0.717) is 6.04 Å². The third kappa shape index (κ3) is 3.72. The van der Waals surface area contributed by atoms with Crippen molar-refractivity contribution in [3.8, 4) is 0 Å². The summed E-state index contributed by atoms with van der Waals surface area (Å²) >= 11 is 0. The molecule has 0 unspecified atom stereocenters. The first-order chi connectivity index (χ1) is 3.81. The minimum Gasteiger partial charge on any atom is -0.389 e. The Kier molecular flexibility index (Phi) is 4.42. The Balaban J connectivity index is 3.03. The molecule has 0 aliphatic heterocycles. The fraction of sp³-hybridized carbons (Fsp3) is 0.714. The highest BCUT2D eigenvalue weighted by molar-refractivity contribution is 4.68. The average Bonchev–Trinajstić information content (AvgIpc) is 1.68. The van der Waals surface area contributed by atoms with Gasteiger partial charge in [-0.3, -0.25) is 0 Å². The maximum Gasteiger partial charge on any atom is 0.0227 e. The number of hydrogen-bond donors (Lipinski definition) is 1. The normalized spacial score (nSPS) is 12.8. The summed E-state index contributed by atoms with van der Waals surface area (Å²) in [6.07, 6.45) is 4.22. The first kappa shape index (κ1) is 7.54. The molecule has 48 valence electrons. The van der Waals surface area contributed by atoms with Gasteiger partial charge in [-0.25, -0.2) is 0 Å². The molecule has 0 saturated carbocycles. The molecule has 0 aromatic heterocycles. The van der Waals surface area contributed by atoms with Crippen molar-refractivity contribution in [1.29, 1.82) is 0 Å². The van der Waals surface area contributed by atoms with Gasteiger partial charge in [-0.1, -0.05) is 19.9 Å². The molecule has 1 atom stereocenters. The van der Waals surface area contributed by atoms with Crippen molar-refractivity contribution in [2.75, 3.05) is 0 Å². The summed E-state index contributed by atoms with van der Waals surface area (Å²) in [4.78, 5) is 0. The van der Waals surface area contributed by atoms with Gasteiger partial charge in [0, 0.05) is 6.04 Å². The quantitative estimate of drug-likeness (QED) is 0.587. The van der Waals surface area contributed by atoms with Gasteiger partial charge in [-0.15, -0.1) is 0 Å². The summed E-state index contributed by atoms with van der Waals surface area (Å²) in [7, 11) is 0. The van der Waals surface area contributed by atoms with Crippen LogP contribution in [0.4, 0.5) is 0 Å². The van der Waals surface area contributed by atoms with Crippen LogP contribution in [0.25, 0.3) is 0 Å². The van der Waals surface area contributed by atoms with Crippen LogP contribution in [-0.4, -0.2) is 6.04 Å². The highest BCUT2D eigenvalue weighted by Crippen LogP contribution is 1.92. The molecule has 1 N–H and O–H groups in total. The van der Waals surface area contributed by atoms with Gasteiger partial charge < -0.3 is 5.32 Å². The van der Waals surface area contributed by atoms with Crippen molar-refractivity contribution in [3.63, 3.8) is 0 Å². The van der Waals surface area contributed by atoms with Gasteiger partial charge in [0.25, 0.3) is 0 Å². The maximum atomic E-state index is 3.57. The Labute approximate surface area is 51.8 Å². The number of nitrogens with one attached hydrogen (secondary N) is 1. The lowest BCUT2D eigenvalue weighted by atomic mass is 10.2. The van der Waals surface area contributed by atoms with Crippen LogP contribution in [0.5, 0.6) is 0 Å². The van der Waals surface area contributed by atoms with Crippen LogP contribution in [0.15, 0.2) is 12.8 Å². The van der Waals surface area contributed by atoms with Gasteiger partial charge in [0.2, 0.25) is 0 Å². The molecule has 1 nitrogen and oxygen atoms in total. The summed E-state index contributed by atoms with van der Waals surface area (Å²) in [5.74, 6) is 0. The van der Waals surface area contributed by atoms with Gasteiger partial charge in [-0.05, 0) is 19.5 Å². The Morgan fingerprint density at radius 3 is 2.75 bits per heavy atom. The molecule has 0 aromatic carbocycles. The lowest BCUT2D eigenvalue weighted by Crippen LogP contribution is -2.18. The van der Waals surface area contributed by atoms with E-state index < -0.39 is 0 Å². The highest BCUT2D eigenvalue weighted by atomic mass is 14.9. The van der Waals surface area contributed by atoms with Crippen molar-refractivity contribution in [1.82, 2.24) is 5.32 Å². The zero-order valence-corrected chi connectivity index (χ0v) is 5.78. The van der Waals surface area contributed by atoms with E-state index in [2.05, 4.69) is 25.7 Å². The Morgan fingerprint density at radius 1 is 1.75 bits per heavy atom. The van der Waals surface area contributed by atoms with Crippen LogP contribution in [0.1, 0.15) is 26.7 Å². The number of hydrogen-bond acceptors (Lipinski definition) is 1. The minimum atomic E-state index is 0.595. The predicted octanol–water partition coefficient (Wildman–Crippen LogP) is 1.91. The molecule has 0 rings (SSSR count). The third-order valence-corrected chi connectivity index (χ3v) is 1.12. The molecule has 0 amide bonds. The molecule has 0 saturated heterocycles. The molecule has 1 heteroatoms. The Bertz CT molecular complexity index is 59.4.